The lowest BCUT2D eigenvalue weighted by atomic mass is 9.79. The molecule has 4 nitrogen and oxygen atoms in total. The van der Waals surface area contributed by atoms with Gasteiger partial charge in [0.1, 0.15) is 0 Å². The first-order valence-corrected chi connectivity index (χ1v) is 7.79. The molecule has 1 aliphatic heterocycles. The van der Waals surface area contributed by atoms with Crippen molar-refractivity contribution in [3.8, 4) is 0 Å². The smallest absolute Gasteiger partial charge is 0.466 e. The Hall–Kier alpha value is -1.33. The summed E-state index contributed by atoms with van der Waals surface area (Å²) < 4.78 is 17.0. The topological polar surface area (TPSA) is 44.8 Å². The van der Waals surface area contributed by atoms with Gasteiger partial charge in [0.05, 0.1) is 17.8 Å². The summed E-state index contributed by atoms with van der Waals surface area (Å²) in [7, 11) is -0.319. The van der Waals surface area contributed by atoms with Crippen LogP contribution in [0.2, 0.25) is 0 Å². The van der Waals surface area contributed by atoms with Crippen molar-refractivity contribution in [1.29, 1.82) is 0 Å². The number of carbonyl (C=O) groups excluding carboxylic acids is 1. The fourth-order valence-electron chi connectivity index (χ4n) is 2.31. The second-order valence-corrected chi connectivity index (χ2v) is 6.77. The van der Waals surface area contributed by atoms with Crippen LogP contribution in [-0.2, 0) is 25.3 Å². The van der Waals surface area contributed by atoms with Gasteiger partial charge in [-0.25, -0.2) is 0 Å². The first-order valence-electron chi connectivity index (χ1n) is 7.79. The highest BCUT2D eigenvalue weighted by Gasteiger charge is 2.51. The molecule has 120 valence electrons. The fourth-order valence-corrected chi connectivity index (χ4v) is 2.31. The van der Waals surface area contributed by atoms with E-state index in [4.69, 9.17) is 14.0 Å². The Kier molecular flexibility index (Phi) is 4.98. The molecule has 1 aromatic rings. The number of aryl methyl sites for hydroxylation is 1. The van der Waals surface area contributed by atoms with Crippen molar-refractivity contribution in [2.45, 2.75) is 58.7 Å². The Balaban J connectivity index is 1.91. The highest BCUT2D eigenvalue weighted by atomic mass is 16.7. The standard InChI is InChI=1S/C17H25BO4/c1-13(19)20-12-6-7-14-8-10-15(11-9-14)18-21-16(2,3)17(4,5)22-18/h8-11H,6-7,12H2,1-5H3. The molecule has 0 aliphatic carbocycles. The highest BCUT2D eigenvalue weighted by molar-refractivity contribution is 6.62. The minimum Gasteiger partial charge on any atom is -0.466 e. The quantitative estimate of drug-likeness (QED) is 0.476. The molecule has 1 fully saturated rings. The van der Waals surface area contributed by atoms with Crippen LogP contribution >= 0.6 is 0 Å². The molecule has 0 aromatic heterocycles. The van der Waals surface area contributed by atoms with Gasteiger partial charge in [-0.1, -0.05) is 24.3 Å². The summed E-state index contributed by atoms with van der Waals surface area (Å²) in [6, 6.07) is 8.24. The van der Waals surface area contributed by atoms with E-state index in [0.717, 1.165) is 18.3 Å². The van der Waals surface area contributed by atoms with Crippen molar-refractivity contribution >= 4 is 18.6 Å². The summed E-state index contributed by atoms with van der Waals surface area (Å²) >= 11 is 0. The summed E-state index contributed by atoms with van der Waals surface area (Å²) in [5.74, 6) is -0.226. The van der Waals surface area contributed by atoms with Crippen LogP contribution < -0.4 is 5.46 Å². The van der Waals surface area contributed by atoms with Crippen molar-refractivity contribution in [2.24, 2.45) is 0 Å². The molecule has 2 rings (SSSR count). The summed E-state index contributed by atoms with van der Waals surface area (Å²) in [5, 5.41) is 0. The third-order valence-corrected chi connectivity index (χ3v) is 4.42. The molecular weight excluding hydrogens is 279 g/mol. The predicted molar refractivity (Wildman–Crippen MR) is 87.1 cm³/mol. The second-order valence-electron chi connectivity index (χ2n) is 6.77. The van der Waals surface area contributed by atoms with Crippen LogP contribution in [0.3, 0.4) is 0 Å². The van der Waals surface area contributed by atoms with Gasteiger partial charge in [-0.15, -0.1) is 0 Å². The molecule has 1 heterocycles. The monoisotopic (exact) mass is 304 g/mol. The molecule has 1 aliphatic rings. The van der Waals surface area contributed by atoms with Crippen molar-refractivity contribution in [3.63, 3.8) is 0 Å². The minimum absolute atomic E-state index is 0.226. The summed E-state index contributed by atoms with van der Waals surface area (Å²) in [4.78, 5) is 10.7. The maximum Gasteiger partial charge on any atom is 0.494 e. The first-order chi connectivity index (χ1) is 10.2. The van der Waals surface area contributed by atoms with E-state index in [9.17, 15) is 4.79 Å². The van der Waals surface area contributed by atoms with E-state index >= 15 is 0 Å². The Morgan fingerprint density at radius 3 is 2.14 bits per heavy atom. The van der Waals surface area contributed by atoms with Gasteiger partial charge in [-0.3, -0.25) is 4.79 Å². The maximum atomic E-state index is 10.7. The highest BCUT2D eigenvalue weighted by Crippen LogP contribution is 2.36. The van der Waals surface area contributed by atoms with Crippen molar-refractivity contribution in [2.75, 3.05) is 6.61 Å². The van der Waals surface area contributed by atoms with E-state index < -0.39 is 0 Å². The zero-order valence-electron chi connectivity index (χ0n) is 14.1. The fraction of sp³-hybridized carbons (Fsp3) is 0.588. The van der Waals surface area contributed by atoms with Crippen LogP contribution in [0.1, 0.15) is 46.6 Å². The zero-order chi connectivity index (χ0) is 16.4. The number of rotatable bonds is 5. The van der Waals surface area contributed by atoms with Gasteiger partial charge in [0, 0.05) is 6.92 Å². The average molecular weight is 304 g/mol. The van der Waals surface area contributed by atoms with Crippen molar-refractivity contribution < 1.29 is 18.8 Å². The Labute approximate surface area is 133 Å². The number of esters is 1. The molecule has 1 aromatic carbocycles. The largest absolute Gasteiger partial charge is 0.494 e. The van der Waals surface area contributed by atoms with Gasteiger partial charge < -0.3 is 14.0 Å². The molecule has 22 heavy (non-hydrogen) atoms. The van der Waals surface area contributed by atoms with Crippen LogP contribution in [0.5, 0.6) is 0 Å². The number of hydrogen-bond acceptors (Lipinski definition) is 4. The predicted octanol–water partition coefficient (Wildman–Crippen LogP) is 2.48. The lowest BCUT2D eigenvalue weighted by Crippen LogP contribution is -2.41. The number of hydrogen-bond donors (Lipinski definition) is 0. The van der Waals surface area contributed by atoms with Gasteiger partial charge in [-0.2, -0.15) is 0 Å². The van der Waals surface area contributed by atoms with Crippen LogP contribution in [0.4, 0.5) is 0 Å². The van der Waals surface area contributed by atoms with Crippen LogP contribution in [-0.4, -0.2) is 30.9 Å². The minimum atomic E-state index is -0.319. The van der Waals surface area contributed by atoms with E-state index in [2.05, 4.69) is 39.8 Å². The Morgan fingerprint density at radius 2 is 1.64 bits per heavy atom. The number of benzene rings is 1. The van der Waals surface area contributed by atoms with Gasteiger partial charge in [-0.05, 0) is 51.6 Å². The molecule has 1 saturated heterocycles. The third-order valence-electron chi connectivity index (χ3n) is 4.42. The summed E-state index contributed by atoms with van der Waals surface area (Å²) in [6.45, 7) is 10.1. The molecule has 0 amide bonds. The van der Waals surface area contributed by atoms with Crippen LogP contribution in [0.15, 0.2) is 24.3 Å². The SMILES string of the molecule is CC(=O)OCCCc1ccc(B2OC(C)(C)C(C)(C)O2)cc1. The maximum absolute atomic E-state index is 10.7. The summed E-state index contributed by atoms with van der Waals surface area (Å²) in [6.07, 6.45) is 1.71. The van der Waals surface area contributed by atoms with Crippen LogP contribution in [0.25, 0.3) is 0 Å². The Morgan fingerprint density at radius 1 is 1.09 bits per heavy atom. The first kappa shape index (κ1) is 17.0. The molecule has 0 N–H and O–H groups in total. The molecule has 0 saturated carbocycles. The molecule has 0 radical (unpaired) electrons. The van der Waals surface area contributed by atoms with Crippen LogP contribution in [0, 0.1) is 0 Å². The lowest BCUT2D eigenvalue weighted by Gasteiger charge is -2.32. The number of carbonyl (C=O) groups is 1. The van der Waals surface area contributed by atoms with E-state index in [1.807, 2.05) is 12.1 Å². The zero-order valence-corrected chi connectivity index (χ0v) is 14.1. The van der Waals surface area contributed by atoms with E-state index in [1.165, 1.54) is 12.5 Å². The normalized spacial score (nSPS) is 19.2. The molecule has 5 heteroatoms. The Bertz CT molecular complexity index is 506. The van der Waals surface area contributed by atoms with Gasteiger partial charge >= 0.3 is 13.1 Å². The molecule has 0 atom stereocenters. The van der Waals surface area contributed by atoms with Crippen molar-refractivity contribution in [1.82, 2.24) is 0 Å². The third kappa shape index (κ3) is 3.90. The van der Waals surface area contributed by atoms with E-state index in [1.54, 1.807) is 0 Å². The molecule has 0 spiro atoms. The van der Waals surface area contributed by atoms with Gasteiger partial charge in [0.2, 0.25) is 0 Å². The molecule has 0 unspecified atom stereocenters. The molecule has 0 bridgehead atoms. The van der Waals surface area contributed by atoms with E-state index in [0.29, 0.717) is 6.61 Å². The van der Waals surface area contributed by atoms with E-state index in [-0.39, 0.29) is 24.3 Å². The van der Waals surface area contributed by atoms with Gasteiger partial charge in [0.25, 0.3) is 0 Å². The second kappa shape index (κ2) is 6.43. The summed E-state index contributed by atoms with van der Waals surface area (Å²) in [5.41, 5.74) is 1.61. The average Bonchev–Trinajstić information content (AvgIpc) is 2.64. The van der Waals surface area contributed by atoms with Gasteiger partial charge in [0.15, 0.2) is 0 Å². The number of ether oxygens (including phenoxy) is 1. The van der Waals surface area contributed by atoms with Crippen molar-refractivity contribution in [3.05, 3.63) is 29.8 Å². The molecular formula is C17H25BO4. The lowest BCUT2D eigenvalue weighted by molar-refractivity contribution is -0.141.